The molecule has 0 bridgehead atoms. The van der Waals surface area contributed by atoms with E-state index in [-0.39, 0.29) is 17.9 Å². The van der Waals surface area contributed by atoms with E-state index in [2.05, 4.69) is 5.32 Å². The monoisotopic (exact) mass is 317 g/mol. The molecule has 1 aromatic carbocycles. The van der Waals surface area contributed by atoms with Crippen LogP contribution >= 0.6 is 34.5 Å². The molecule has 0 amide bonds. The Morgan fingerprint density at radius 3 is 2.26 bits per heavy atom. The van der Waals surface area contributed by atoms with Crippen LogP contribution in [-0.2, 0) is 0 Å². The van der Waals surface area contributed by atoms with Crippen LogP contribution in [0.15, 0.2) is 30.3 Å². The number of halogens is 3. The van der Waals surface area contributed by atoms with Crippen molar-refractivity contribution in [3.63, 3.8) is 0 Å². The van der Waals surface area contributed by atoms with Crippen molar-refractivity contribution in [2.24, 2.45) is 0 Å². The van der Waals surface area contributed by atoms with Gasteiger partial charge in [0.15, 0.2) is 0 Å². The summed E-state index contributed by atoms with van der Waals surface area (Å²) < 4.78 is 14.3. The van der Waals surface area contributed by atoms with Gasteiger partial charge in [-0.25, -0.2) is 4.39 Å². The van der Waals surface area contributed by atoms with Gasteiger partial charge in [0.2, 0.25) is 0 Å². The van der Waals surface area contributed by atoms with Crippen LogP contribution in [0.25, 0.3) is 0 Å². The molecule has 1 nitrogen and oxygen atoms in total. The third-order valence-corrected chi connectivity index (χ3v) is 4.54. The minimum atomic E-state index is -0.225. The number of rotatable bonds is 4. The van der Waals surface area contributed by atoms with Gasteiger partial charge in [0, 0.05) is 12.1 Å². The van der Waals surface area contributed by atoms with E-state index >= 15 is 0 Å². The van der Waals surface area contributed by atoms with Gasteiger partial charge in [-0.05, 0) is 43.2 Å². The lowest BCUT2D eigenvalue weighted by molar-refractivity contribution is 0.495. The molecule has 0 aliphatic heterocycles. The highest BCUT2D eigenvalue weighted by atomic mass is 35.5. The first-order chi connectivity index (χ1) is 8.97. The summed E-state index contributed by atoms with van der Waals surface area (Å²) in [5, 5.41) is 3.43. The van der Waals surface area contributed by atoms with E-state index in [1.54, 1.807) is 12.1 Å². The summed E-state index contributed by atoms with van der Waals surface area (Å²) in [6.07, 6.45) is 0. The minimum absolute atomic E-state index is 0.0799. The van der Waals surface area contributed by atoms with E-state index in [1.807, 2.05) is 19.9 Å². The van der Waals surface area contributed by atoms with Crippen LogP contribution in [-0.4, -0.2) is 0 Å². The van der Waals surface area contributed by atoms with Crippen LogP contribution in [0, 0.1) is 5.82 Å². The Kier molecular flexibility index (Phi) is 4.85. The first kappa shape index (κ1) is 14.8. The molecule has 19 heavy (non-hydrogen) atoms. The minimum Gasteiger partial charge on any atom is -0.304 e. The van der Waals surface area contributed by atoms with Crippen LogP contribution in [0.3, 0.4) is 0 Å². The Balaban J connectivity index is 2.08. The second kappa shape index (κ2) is 6.23. The molecule has 0 saturated carbocycles. The average Bonchev–Trinajstić information content (AvgIpc) is 2.69. The molecular weight excluding hydrogens is 304 g/mol. The highest BCUT2D eigenvalue weighted by Crippen LogP contribution is 2.35. The van der Waals surface area contributed by atoms with Gasteiger partial charge >= 0.3 is 0 Å². The maximum absolute atomic E-state index is 12.9. The summed E-state index contributed by atoms with van der Waals surface area (Å²) in [5.74, 6) is -0.225. The van der Waals surface area contributed by atoms with Crippen molar-refractivity contribution in [1.29, 1.82) is 0 Å². The maximum atomic E-state index is 12.9. The molecule has 0 radical (unpaired) electrons. The van der Waals surface area contributed by atoms with Crippen molar-refractivity contribution in [3.05, 3.63) is 55.9 Å². The fourth-order valence-corrected chi connectivity index (χ4v) is 3.61. The van der Waals surface area contributed by atoms with Crippen LogP contribution < -0.4 is 5.32 Å². The molecule has 0 saturated heterocycles. The largest absolute Gasteiger partial charge is 0.304 e. The van der Waals surface area contributed by atoms with Gasteiger partial charge < -0.3 is 5.32 Å². The molecule has 2 atom stereocenters. The van der Waals surface area contributed by atoms with E-state index in [9.17, 15) is 4.39 Å². The highest BCUT2D eigenvalue weighted by molar-refractivity contribution is 7.20. The molecular formula is C14H14Cl2FNS. The van der Waals surface area contributed by atoms with E-state index in [1.165, 1.54) is 23.5 Å². The number of benzene rings is 1. The second-order valence-corrected chi connectivity index (χ2v) is 6.73. The lowest BCUT2D eigenvalue weighted by Crippen LogP contribution is -2.22. The number of thiophene rings is 1. The second-order valence-electron chi connectivity index (χ2n) is 4.44. The topological polar surface area (TPSA) is 12.0 Å². The smallest absolute Gasteiger partial charge is 0.123 e. The first-order valence-electron chi connectivity index (χ1n) is 5.93. The van der Waals surface area contributed by atoms with Crippen molar-refractivity contribution < 1.29 is 4.39 Å². The van der Waals surface area contributed by atoms with Crippen LogP contribution in [0.4, 0.5) is 4.39 Å². The summed E-state index contributed by atoms with van der Waals surface area (Å²) >= 11 is 13.4. The zero-order valence-electron chi connectivity index (χ0n) is 10.6. The fourth-order valence-electron chi connectivity index (χ4n) is 1.96. The molecule has 2 aromatic rings. The van der Waals surface area contributed by atoms with Gasteiger partial charge in [0.1, 0.15) is 5.82 Å². The summed E-state index contributed by atoms with van der Waals surface area (Å²) in [7, 11) is 0. The van der Waals surface area contributed by atoms with Crippen molar-refractivity contribution >= 4 is 34.5 Å². The Hall–Kier alpha value is -0.610. The molecule has 0 fully saturated rings. The standard InChI is InChI=1S/C14H14Cl2FNS/c1-8(10-3-5-11(17)6-4-10)18-9(2)12-7-13(15)19-14(12)16/h3-9,18H,1-2H3. The molecule has 2 rings (SSSR count). The number of hydrogen-bond acceptors (Lipinski definition) is 2. The lowest BCUT2D eigenvalue weighted by atomic mass is 10.1. The van der Waals surface area contributed by atoms with Crippen LogP contribution in [0.2, 0.25) is 8.67 Å². The Bertz CT molecular complexity index is 553. The normalized spacial score (nSPS) is 14.4. The third kappa shape index (κ3) is 3.69. The Morgan fingerprint density at radius 2 is 1.74 bits per heavy atom. The molecule has 2 unspecified atom stereocenters. The zero-order valence-corrected chi connectivity index (χ0v) is 12.9. The molecule has 1 N–H and O–H groups in total. The van der Waals surface area contributed by atoms with E-state index in [0.29, 0.717) is 8.67 Å². The van der Waals surface area contributed by atoms with Crippen molar-refractivity contribution in [3.8, 4) is 0 Å². The van der Waals surface area contributed by atoms with Crippen molar-refractivity contribution in [2.45, 2.75) is 25.9 Å². The molecule has 0 aliphatic rings. The first-order valence-corrected chi connectivity index (χ1v) is 7.51. The Labute approximate surface area is 126 Å². The molecule has 5 heteroatoms. The predicted molar refractivity (Wildman–Crippen MR) is 80.7 cm³/mol. The highest BCUT2D eigenvalue weighted by Gasteiger charge is 2.16. The SMILES string of the molecule is CC(NC(C)c1cc(Cl)sc1Cl)c1ccc(F)cc1. The summed E-state index contributed by atoms with van der Waals surface area (Å²) in [4.78, 5) is 0. The molecule has 1 heterocycles. The summed E-state index contributed by atoms with van der Waals surface area (Å²) in [5.41, 5.74) is 2.02. The predicted octanol–water partition coefficient (Wildman–Crippen LogP) is 5.61. The quantitative estimate of drug-likeness (QED) is 0.773. The average molecular weight is 318 g/mol. The number of nitrogens with one attached hydrogen (secondary N) is 1. The van der Waals surface area contributed by atoms with Crippen LogP contribution in [0.1, 0.15) is 37.1 Å². The van der Waals surface area contributed by atoms with Gasteiger partial charge in [-0.2, -0.15) is 0 Å². The van der Waals surface area contributed by atoms with Gasteiger partial charge in [-0.15, -0.1) is 11.3 Å². The van der Waals surface area contributed by atoms with Gasteiger partial charge in [0.25, 0.3) is 0 Å². The molecule has 0 aliphatic carbocycles. The molecule has 102 valence electrons. The maximum Gasteiger partial charge on any atom is 0.123 e. The van der Waals surface area contributed by atoms with Crippen molar-refractivity contribution in [2.75, 3.05) is 0 Å². The fraction of sp³-hybridized carbons (Fsp3) is 0.286. The van der Waals surface area contributed by atoms with E-state index in [0.717, 1.165) is 11.1 Å². The lowest BCUT2D eigenvalue weighted by Gasteiger charge is -2.20. The van der Waals surface area contributed by atoms with Gasteiger partial charge in [0.05, 0.1) is 8.67 Å². The van der Waals surface area contributed by atoms with Gasteiger partial charge in [-0.1, -0.05) is 35.3 Å². The van der Waals surface area contributed by atoms with Crippen LogP contribution in [0.5, 0.6) is 0 Å². The summed E-state index contributed by atoms with van der Waals surface area (Å²) in [6.45, 7) is 4.07. The number of hydrogen-bond donors (Lipinski definition) is 1. The Morgan fingerprint density at radius 1 is 1.11 bits per heavy atom. The van der Waals surface area contributed by atoms with Gasteiger partial charge in [-0.3, -0.25) is 0 Å². The zero-order chi connectivity index (χ0) is 14.0. The van der Waals surface area contributed by atoms with E-state index < -0.39 is 0 Å². The molecule has 0 spiro atoms. The van der Waals surface area contributed by atoms with Crippen molar-refractivity contribution in [1.82, 2.24) is 5.32 Å². The van der Waals surface area contributed by atoms with E-state index in [4.69, 9.17) is 23.2 Å². The molecule has 1 aromatic heterocycles. The summed E-state index contributed by atoms with van der Waals surface area (Å²) in [6, 6.07) is 8.55. The third-order valence-electron chi connectivity index (χ3n) is 3.02.